The molecule has 2 N–H and O–H groups in total. The van der Waals surface area contributed by atoms with Gasteiger partial charge in [0.2, 0.25) is 11.4 Å². The van der Waals surface area contributed by atoms with Crippen molar-refractivity contribution < 1.29 is 42.3 Å². The number of alkyl halides is 3. The fourth-order valence-electron chi connectivity index (χ4n) is 7.93. The maximum absolute atomic E-state index is 13.8. The van der Waals surface area contributed by atoms with Gasteiger partial charge in [-0.15, -0.1) is 0 Å². The third-order valence-corrected chi connectivity index (χ3v) is 12.3. The van der Waals surface area contributed by atoms with Gasteiger partial charge in [-0.2, -0.15) is 17.7 Å². The average Bonchev–Trinajstić information content (AvgIpc) is 3.69. The molecule has 0 spiro atoms. The third kappa shape index (κ3) is 9.82. The van der Waals surface area contributed by atoms with Gasteiger partial charge in [-0.1, -0.05) is 77.9 Å². The summed E-state index contributed by atoms with van der Waals surface area (Å²) in [4.78, 5) is 24.0. The van der Waals surface area contributed by atoms with Gasteiger partial charge in [-0.05, 0) is 103 Å². The number of anilines is 1. The van der Waals surface area contributed by atoms with Crippen molar-refractivity contribution in [3.63, 3.8) is 0 Å². The smallest absolute Gasteiger partial charge is 0.417 e. The SMILES string of the molecule is O=C(O)CCCCCN1/C(=C/C2=CC3=C/C(=C/c4sc5ccc(-c6ccccc6)cc5[n+]4CCCCCC(=O)O)CCC3CC2)Oc2cc(C(F)(F)F)c(Cl)cc21. The molecule has 298 valence electrons. The quantitative estimate of drug-likeness (QED) is 0.0917. The van der Waals surface area contributed by atoms with Crippen molar-refractivity contribution in [1.29, 1.82) is 0 Å². The molecule has 7 rings (SSSR count). The Morgan fingerprint density at radius 2 is 1.61 bits per heavy atom. The van der Waals surface area contributed by atoms with Gasteiger partial charge in [0.15, 0.2) is 12.3 Å². The van der Waals surface area contributed by atoms with E-state index in [1.807, 2.05) is 29.2 Å². The van der Waals surface area contributed by atoms with Crippen LogP contribution >= 0.6 is 22.9 Å². The molecule has 4 aromatic rings. The maximum atomic E-state index is 13.8. The van der Waals surface area contributed by atoms with E-state index in [2.05, 4.69) is 53.1 Å². The number of hydrogen-bond acceptors (Lipinski definition) is 5. The van der Waals surface area contributed by atoms with E-state index in [-0.39, 0.29) is 18.6 Å². The lowest BCUT2D eigenvalue weighted by Gasteiger charge is -2.28. The number of carboxylic acid groups (broad SMARTS) is 2. The number of aromatic nitrogens is 1. The van der Waals surface area contributed by atoms with Crippen LogP contribution in [0.15, 0.2) is 101 Å². The van der Waals surface area contributed by atoms with Gasteiger partial charge >= 0.3 is 18.1 Å². The van der Waals surface area contributed by atoms with E-state index in [1.165, 1.54) is 21.9 Å². The lowest BCUT2D eigenvalue weighted by molar-refractivity contribution is -0.669. The average molecular weight is 818 g/mol. The first-order valence-electron chi connectivity index (χ1n) is 19.6. The number of allylic oxidation sites excluding steroid dienone is 6. The number of carboxylic acids is 2. The highest BCUT2D eigenvalue weighted by atomic mass is 35.5. The Balaban J connectivity index is 1.17. The molecule has 1 unspecified atom stereocenters. The summed E-state index contributed by atoms with van der Waals surface area (Å²) in [6.07, 6.45) is 12.1. The van der Waals surface area contributed by atoms with E-state index in [9.17, 15) is 22.8 Å². The number of rotatable bonds is 15. The summed E-state index contributed by atoms with van der Waals surface area (Å²) in [6, 6.07) is 19.2. The molecular formula is C45H45ClF3N2O5S+. The van der Waals surface area contributed by atoms with Crippen LogP contribution in [0.2, 0.25) is 5.02 Å². The van der Waals surface area contributed by atoms with Crippen molar-refractivity contribution in [2.24, 2.45) is 5.92 Å². The summed E-state index contributed by atoms with van der Waals surface area (Å²) < 4.78 is 51.0. The number of ether oxygens (including phenoxy) is 1. The minimum absolute atomic E-state index is 0.0584. The minimum Gasteiger partial charge on any atom is -0.481 e. The van der Waals surface area contributed by atoms with Gasteiger partial charge in [0.05, 0.1) is 16.3 Å². The number of carbonyl (C=O) groups is 2. The zero-order valence-electron chi connectivity index (χ0n) is 31.5. The van der Waals surface area contributed by atoms with E-state index in [4.69, 9.17) is 26.6 Å². The molecule has 1 atom stereocenters. The molecule has 0 bridgehead atoms. The summed E-state index contributed by atoms with van der Waals surface area (Å²) in [5.41, 5.74) is 6.43. The van der Waals surface area contributed by atoms with Crippen molar-refractivity contribution >= 4 is 56.9 Å². The number of thiazole rings is 1. The van der Waals surface area contributed by atoms with E-state index in [1.54, 1.807) is 11.3 Å². The predicted molar refractivity (Wildman–Crippen MR) is 218 cm³/mol. The van der Waals surface area contributed by atoms with Crippen LogP contribution in [0.1, 0.15) is 87.6 Å². The number of benzene rings is 3. The number of aryl methyl sites for hydroxylation is 1. The molecule has 2 aliphatic carbocycles. The van der Waals surface area contributed by atoms with Crippen molar-refractivity contribution in [2.45, 2.75) is 89.8 Å². The third-order valence-electron chi connectivity index (χ3n) is 10.9. The molecule has 1 aromatic heterocycles. The van der Waals surface area contributed by atoms with E-state index in [0.717, 1.165) is 78.4 Å². The normalized spacial score (nSPS) is 18.0. The summed E-state index contributed by atoms with van der Waals surface area (Å²) in [5.74, 6) is -0.704. The number of aliphatic carboxylic acids is 2. The highest BCUT2D eigenvalue weighted by Gasteiger charge is 2.37. The van der Waals surface area contributed by atoms with Crippen molar-refractivity contribution in [3.05, 3.63) is 117 Å². The highest BCUT2D eigenvalue weighted by molar-refractivity contribution is 7.18. The molecule has 2 heterocycles. The molecule has 0 saturated heterocycles. The number of halogens is 4. The molecule has 7 nitrogen and oxygen atoms in total. The van der Waals surface area contributed by atoms with Gasteiger partial charge in [0, 0.05) is 44.0 Å². The molecule has 0 fully saturated rings. The molecule has 0 amide bonds. The Labute approximate surface area is 339 Å². The molecule has 12 heteroatoms. The van der Waals surface area contributed by atoms with Crippen molar-refractivity contribution in [1.82, 2.24) is 0 Å². The second-order valence-corrected chi connectivity index (χ2v) is 16.4. The zero-order chi connectivity index (χ0) is 40.1. The van der Waals surface area contributed by atoms with Crippen LogP contribution in [0, 0.1) is 5.92 Å². The van der Waals surface area contributed by atoms with E-state index < -0.39 is 28.7 Å². The first-order valence-corrected chi connectivity index (χ1v) is 20.8. The fourth-order valence-corrected chi connectivity index (χ4v) is 9.34. The molecule has 3 aromatic carbocycles. The molecular weight excluding hydrogens is 773 g/mol. The summed E-state index contributed by atoms with van der Waals surface area (Å²) in [6.45, 7) is 1.22. The lowest BCUT2D eigenvalue weighted by Crippen LogP contribution is -2.35. The minimum atomic E-state index is -4.63. The van der Waals surface area contributed by atoms with Crippen LogP contribution in [0.4, 0.5) is 18.9 Å². The van der Waals surface area contributed by atoms with Gasteiger partial charge in [0.25, 0.3) is 5.01 Å². The predicted octanol–water partition coefficient (Wildman–Crippen LogP) is 12.0. The van der Waals surface area contributed by atoms with Crippen molar-refractivity contribution in [2.75, 3.05) is 11.4 Å². The number of hydrogen-bond donors (Lipinski definition) is 2. The van der Waals surface area contributed by atoms with Gasteiger partial charge < -0.3 is 19.8 Å². The fraction of sp³-hybridized carbons (Fsp3) is 0.356. The van der Waals surface area contributed by atoms with Crippen molar-refractivity contribution in [3.8, 4) is 16.9 Å². The maximum Gasteiger partial charge on any atom is 0.417 e. The first-order chi connectivity index (χ1) is 27.4. The van der Waals surface area contributed by atoms with Crippen LogP contribution in [0.3, 0.4) is 0 Å². The molecule has 1 aliphatic heterocycles. The second kappa shape index (κ2) is 17.7. The van der Waals surface area contributed by atoms with Crippen LogP contribution < -0.4 is 14.2 Å². The van der Waals surface area contributed by atoms with E-state index in [0.29, 0.717) is 49.7 Å². The topological polar surface area (TPSA) is 91.0 Å². The summed E-state index contributed by atoms with van der Waals surface area (Å²) in [5, 5.41) is 18.9. The molecule has 0 saturated carbocycles. The van der Waals surface area contributed by atoms with Gasteiger partial charge in [-0.3, -0.25) is 9.59 Å². The number of unbranched alkanes of at least 4 members (excludes halogenated alkanes) is 4. The Hall–Kier alpha value is -4.87. The second-order valence-electron chi connectivity index (χ2n) is 14.9. The van der Waals surface area contributed by atoms with Crippen LogP contribution in [-0.4, -0.2) is 28.7 Å². The monoisotopic (exact) mass is 817 g/mol. The highest BCUT2D eigenvalue weighted by Crippen LogP contribution is 2.47. The Morgan fingerprint density at radius 3 is 2.35 bits per heavy atom. The first kappa shape index (κ1) is 40.3. The largest absolute Gasteiger partial charge is 0.481 e. The standard InChI is InChI=1S/C45H44ClF3N2O5S/c46-36-28-37-39(27-35(36)45(47,48)49)56-41(50(37)20-8-2-6-12-43(52)53)24-29-14-16-32-17-15-30(23-34(32)22-29)25-42-51(21-9-3-7-13-44(54)55)38-26-33(18-19-40(38)57-42)31-10-4-1-5-11-31/h1,4-5,10-11,18-19,22-28,32H,2-3,6-9,12-17,20-21H2,(H-,52,53,54,55)/p+1. The summed E-state index contributed by atoms with van der Waals surface area (Å²) in [7, 11) is 0. The van der Waals surface area contributed by atoms with Crippen LogP contribution in [-0.2, 0) is 22.3 Å². The van der Waals surface area contributed by atoms with Crippen LogP contribution in [0.25, 0.3) is 27.4 Å². The summed E-state index contributed by atoms with van der Waals surface area (Å²) >= 11 is 7.90. The van der Waals surface area contributed by atoms with Gasteiger partial charge in [0.1, 0.15) is 4.70 Å². The number of nitrogens with zero attached hydrogens (tertiary/aromatic N) is 2. The Morgan fingerprint density at radius 1 is 0.877 bits per heavy atom. The van der Waals surface area contributed by atoms with E-state index >= 15 is 0 Å². The number of fused-ring (bicyclic) bond motifs is 3. The lowest BCUT2D eigenvalue weighted by atomic mass is 9.77. The van der Waals surface area contributed by atoms with Gasteiger partial charge in [-0.25, -0.2) is 0 Å². The molecule has 0 radical (unpaired) electrons. The Bertz CT molecular complexity index is 2280. The molecule has 3 aliphatic rings. The zero-order valence-corrected chi connectivity index (χ0v) is 33.1. The molecule has 57 heavy (non-hydrogen) atoms. The Kier molecular flexibility index (Phi) is 12.5. The van der Waals surface area contributed by atoms with Crippen LogP contribution in [0.5, 0.6) is 5.75 Å².